The average Bonchev–Trinajstić information content (AvgIpc) is 2.68. The second kappa shape index (κ2) is 11.4. The van der Waals surface area contributed by atoms with Crippen LogP contribution < -0.4 is 14.8 Å². The molecule has 2 aromatic carbocycles. The van der Waals surface area contributed by atoms with Crippen LogP contribution in [0.25, 0.3) is 0 Å². The van der Waals surface area contributed by atoms with Crippen molar-refractivity contribution in [3.63, 3.8) is 0 Å². The third-order valence-corrected chi connectivity index (χ3v) is 4.53. The van der Waals surface area contributed by atoms with Crippen molar-refractivity contribution in [2.24, 2.45) is 0 Å². The van der Waals surface area contributed by atoms with Gasteiger partial charge in [0.25, 0.3) is 5.91 Å². The van der Waals surface area contributed by atoms with E-state index in [-0.39, 0.29) is 12.5 Å². The SMILES string of the molecule is CCCOc1ccccc1CCCNC(=O)COc1cc(C)ccc1C(C)C. The summed E-state index contributed by atoms with van der Waals surface area (Å²) in [6.45, 7) is 9.76. The van der Waals surface area contributed by atoms with Gasteiger partial charge in [-0.15, -0.1) is 0 Å². The molecule has 0 spiro atoms. The number of rotatable bonds is 11. The Hall–Kier alpha value is -2.49. The fourth-order valence-corrected chi connectivity index (χ4v) is 3.01. The van der Waals surface area contributed by atoms with E-state index in [0.29, 0.717) is 12.5 Å². The van der Waals surface area contributed by atoms with Gasteiger partial charge in [0.1, 0.15) is 11.5 Å². The Bertz CT molecular complexity index is 755. The first kappa shape index (κ1) is 21.8. The quantitative estimate of drug-likeness (QED) is 0.553. The summed E-state index contributed by atoms with van der Waals surface area (Å²) in [5, 5.41) is 2.94. The van der Waals surface area contributed by atoms with Crippen LogP contribution in [0.1, 0.15) is 56.2 Å². The molecule has 0 aromatic heterocycles. The summed E-state index contributed by atoms with van der Waals surface area (Å²) in [6.07, 6.45) is 2.72. The van der Waals surface area contributed by atoms with Crippen molar-refractivity contribution in [2.75, 3.05) is 19.8 Å². The Labute approximate surface area is 169 Å². The van der Waals surface area contributed by atoms with Crippen molar-refractivity contribution in [2.45, 2.75) is 52.9 Å². The van der Waals surface area contributed by atoms with Crippen LogP contribution in [-0.4, -0.2) is 25.7 Å². The summed E-state index contributed by atoms with van der Waals surface area (Å²) in [6, 6.07) is 14.2. The zero-order valence-corrected chi connectivity index (χ0v) is 17.6. The minimum Gasteiger partial charge on any atom is -0.493 e. The Morgan fingerprint density at radius 3 is 2.61 bits per heavy atom. The van der Waals surface area contributed by atoms with Crippen molar-refractivity contribution in [1.29, 1.82) is 0 Å². The maximum Gasteiger partial charge on any atom is 0.257 e. The van der Waals surface area contributed by atoms with Crippen LogP contribution in [0.2, 0.25) is 0 Å². The monoisotopic (exact) mass is 383 g/mol. The molecule has 0 unspecified atom stereocenters. The molecule has 0 aliphatic heterocycles. The molecule has 28 heavy (non-hydrogen) atoms. The number of hydrogen-bond donors (Lipinski definition) is 1. The van der Waals surface area contributed by atoms with E-state index in [9.17, 15) is 4.79 Å². The van der Waals surface area contributed by atoms with Crippen LogP contribution in [0.15, 0.2) is 42.5 Å². The third kappa shape index (κ3) is 6.91. The molecular formula is C24H33NO3. The van der Waals surface area contributed by atoms with E-state index in [1.807, 2.05) is 31.2 Å². The summed E-state index contributed by atoms with van der Waals surface area (Å²) in [7, 11) is 0. The van der Waals surface area contributed by atoms with Crippen molar-refractivity contribution in [3.05, 3.63) is 59.2 Å². The van der Waals surface area contributed by atoms with Crippen molar-refractivity contribution in [1.82, 2.24) is 5.32 Å². The molecule has 4 heteroatoms. The largest absolute Gasteiger partial charge is 0.493 e. The molecule has 0 fully saturated rings. The zero-order valence-electron chi connectivity index (χ0n) is 17.6. The topological polar surface area (TPSA) is 47.6 Å². The fourth-order valence-electron chi connectivity index (χ4n) is 3.01. The molecule has 0 atom stereocenters. The van der Waals surface area contributed by atoms with Gasteiger partial charge in [0, 0.05) is 6.54 Å². The molecule has 0 aliphatic rings. The molecule has 0 saturated heterocycles. The average molecular weight is 384 g/mol. The molecule has 0 aliphatic carbocycles. The standard InChI is InChI=1S/C24H33NO3/c1-5-15-27-22-11-7-6-9-20(22)10-8-14-25-24(26)17-28-23-16-19(4)12-13-21(23)18(2)3/h6-7,9,11-13,16,18H,5,8,10,14-15,17H2,1-4H3,(H,25,26). The summed E-state index contributed by atoms with van der Waals surface area (Å²) in [5.74, 6) is 2.01. The zero-order chi connectivity index (χ0) is 20.4. The van der Waals surface area contributed by atoms with E-state index in [4.69, 9.17) is 9.47 Å². The second-order valence-electron chi connectivity index (χ2n) is 7.39. The van der Waals surface area contributed by atoms with Crippen molar-refractivity contribution < 1.29 is 14.3 Å². The molecule has 1 amide bonds. The smallest absolute Gasteiger partial charge is 0.257 e. The summed E-state index contributed by atoms with van der Waals surface area (Å²) in [4.78, 5) is 12.1. The predicted molar refractivity (Wildman–Crippen MR) is 114 cm³/mol. The van der Waals surface area contributed by atoms with E-state index >= 15 is 0 Å². The lowest BCUT2D eigenvalue weighted by Gasteiger charge is -2.15. The summed E-state index contributed by atoms with van der Waals surface area (Å²) >= 11 is 0. The number of aryl methyl sites for hydroxylation is 2. The summed E-state index contributed by atoms with van der Waals surface area (Å²) in [5.41, 5.74) is 3.44. The minimum atomic E-state index is -0.0910. The Kier molecular flexibility index (Phi) is 8.86. The number of para-hydroxylation sites is 1. The third-order valence-electron chi connectivity index (χ3n) is 4.53. The number of ether oxygens (including phenoxy) is 2. The fraction of sp³-hybridized carbons (Fsp3) is 0.458. The van der Waals surface area contributed by atoms with Gasteiger partial charge in [-0.3, -0.25) is 4.79 Å². The lowest BCUT2D eigenvalue weighted by atomic mass is 10.0. The molecule has 0 bridgehead atoms. The van der Waals surface area contributed by atoms with Gasteiger partial charge in [-0.2, -0.15) is 0 Å². The van der Waals surface area contributed by atoms with Gasteiger partial charge in [0.2, 0.25) is 0 Å². The summed E-state index contributed by atoms with van der Waals surface area (Å²) < 4.78 is 11.6. The van der Waals surface area contributed by atoms with E-state index in [0.717, 1.165) is 48.5 Å². The molecular weight excluding hydrogens is 350 g/mol. The second-order valence-corrected chi connectivity index (χ2v) is 7.39. The Balaban J connectivity index is 1.76. The number of benzene rings is 2. The minimum absolute atomic E-state index is 0.0410. The van der Waals surface area contributed by atoms with Gasteiger partial charge >= 0.3 is 0 Å². The first-order valence-corrected chi connectivity index (χ1v) is 10.2. The highest BCUT2D eigenvalue weighted by Crippen LogP contribution is 2.27. The highest BCUT2D eigenvalue weighted by molar-refractivity contribution is 5.77. The van der Waals surface area contributed by atoms with E-state index < -0.39 is 0 Å². The number of hydrogen-bond acceptors (Lipinski definition) is 3. The van der Waals surface area contributed by atoms with Gasteiger partial charge in [0.05, 0.1) is 6.61 Å². The number of carbonyl (C=O) groups excluding carboxylic acids is 1. The molecule has 0 saturated carbocycles. The van der Waals surface area contributed by atoms with Crippen LogP contribution in [0.4, 0.5) is 0 Å². The number of nitrogens with one attached hydrogen (secondary N) is 1. The maximum absolute atomic E-state index is 12.1. The molecule has 2 rings (SSSR count). The maximum atomic E-state index is 12.1. The van der Waals surface area contributed by atoms with Crippen LogP contribution in [0, 0.1) is 6.92 Å². The predicted octanol–water partition coefficient (Wildman–Crippen LogP) is 5.04. The van der Waals surface area contributed by atoms with E-state index in [1.165, 1.54) is 5.56 Å². The lowest BCUT2D eigenvalue weighted by Crippen LogP contribution is -2.30. The highest BCUT2D eigenvalue weighted by Gasteiger charge is 2.10. The van der Waals surface area contributed by atoms with Crippen LogP contribution in [0.5, 0.6) is 11.5 Å². The van der Waals surface area contributed by atoms with Gasteiger partial charge in [-0.1, -0.05) is 51.1 Å². The Morgan fingerprint density at radius 2 is 1.86 bits per heavy atom. The molecule has 0 heterocycles. The molecule has 2 aromatic rings. The van der Waals surface area contributed by atoms with E-state index in [2.05, 4.69) is 44.3 Å². The van der Waals surface area contributed by atoms with Crippen molar-refractivity contribution in [3.8, 4) is 11.5 Å². The van der Waals surface area contributed by atoms with Gasteiger partial charge in [-0.05, 0) is 60.9 Å². The van der Waals surface area contributed by atoms with E-state index in [1.54, 1.807) is 0 Å². The molecule has 4 nitrogen and oxygen atoms in total. The lowest BCUT2D eigenvalue weighted by molar-refractivity contribution is -0.123. The Morgan fingerprint density at radius 1 is 1.07 bits per heavy atom. The van der Waals surface area contributed by atoms with Gasteiger partial charge in [-0.25, -0.2) is 0 Å². The molecule has 1 N–H and O–H groups in total. The number of amides is 1. The highest BCUT2D eigenvalue weighted by atomic mass is 16.5. The van der Waals surface area contributed by atoms with Gasteiger partial charge in [0.15, 0.2) is 6.61 Å². The van der Waals surface area contributed by atoms with Crippen LogP contribution in [-0.2, 0) is 11.2 Å². The van der Waals surface area contributed by atoms with Gasteiger partial charge < -0.3 is 14.8 Å². The molecule has 0 radical (unpaired) electrons. The first-order valence-electron chi connectivity index (χ1n) is 10.2. The number of carbonyl (C=O) groups is 1. The van der Waals surface area contributed by atoms with Crippen LogP contribution in [0.3, 0.4) is 0 Å². The first-order chi connectivity index (χ1) is 13.5. The molecule has 152 valence electrons. The van der Waals surface area contributed by atoms with Crippen LogP contribution >= 0.6 is 0 Å². The van der Waals surface area contributed by atoms with Crippen molar-refractivity contribution >= 4 is 5.91 Å². The normalized spacial score (nSPS) is 10.8.